The third kappa shape index (κ3) is 4.51. The molecular weight excluding hydrogens is 514 g/mol. The lowest BCUT2D eigenvalue weighted by Gasteiger charge is -2.27. The molecule has 1 unspecified atom stereocenters. The van der Waals surface area contributed by atoms with Crippen LogP contribution in [0.5, 0.6) is 0 Å². The van der Waals surface area contributed by atoms with Crippen molar-refractivity contribution in [3.63, 3.8) is 0 Å². The number of carbonyl (C=O) groups excluding carboxylic acids is 3. The topological polar surface area (TPSA) is 117 Å². The first-order chi connectivity index (χ1) is 16.7. The molecule has 0 aliphatic carbocycles. The zero-order valence-corrected chi connectivity index (χ0v) is 21.1. The number of aromatic nitrogens is 2. The normalized spacial score (nSPS) is 17.1. The van der Waals surface area contributed by atoms with Gasteiger partial charge in [-0.25, -0.2) is 9.78 Å². The van der Waals surface area contributed by atoms with Gasteiger partial charge in [0.25, 0.3) is 5.91 Å². The lowest BCUT2D eigenvalue weighted by molar-refractivity contribution is -0.378. The van der Waals surface area contributed by atoms with Crippen molar-refractivity contribution in [2.24, 2.45) is 0 Å². The number of esters is 1. The molecule has 8 nitrogen and oxygen atoms in total. The van der Waals surface area contributed by atoms with Gasteiger partial charge in [0.15, 0.2) is 12.4 Å². The van der Waals surface area contributed by atoms with Crippen LogP contribution in [0, 0.1) is 13.8 Å². The summed E-state index contributed by atoms with van der Waals surface area (Å²) >= 11 is 3.40. The predicted molar refractivity (Wildman–Crippen MR) is 129 cm³/mol. The van der Waals surface area contributed by atoms with E-state index in [1.807, 2.05) is 6.07 Å². The summed E-state index contributed by atoms with van der Waals surface area (Å²) < 4.78 is 5.91. The zero-order valence-electron chi connectivity index (χ0n) is 19.5. The summed E-state index contributed by atoms with van der Waals surface area (Å²) in [7, 11) is 0. The molecule has 1 aromatic carbocycles. The van der Waals surface area contributed by atoms with E-state index in [-0.39, 0.29) is 30.0 Å². The Balaban J connectivity index is 1.89. The molecule has 0 radical (unpaired) electrons. The monoisotopic (exact) mass is 537 g/mol. The number of pyridine rings is 1. The van der Waals surface area contributed by atoms with Gasteiger partial charge in [-0.2, -0.15) is 0 Å². The van der Waals surface area contributed by atoms with Crippen molar-refractivity contribution in [3.8, 4) is 0 Å². The molecule has 1 atom stereocenters. The van der Waals surface area contributed by atoms with Crippen LogP contribution in [-0.2, 0) is 20.9 Å². The highest BCUT2D eigenvalue weighted by Gasteiger charge is 2.44. The van der Waals surface area contributed by atoms with Gasteiger partial charge in [0.05, 0.1) is 19.2 Å². The molecule has 0 spiro atoms. The van der Waals surface area contributed by atoms with Crippen molar-refractivity contribution < 1.29 is 29.2 Å². The molecule has 2 aromatic heterocycles. The van der Waals surface area contributed by atoms with Crippen molar-refractivity contribution in [2.45, 2.75) is 33.4 Å². The lowest BCUT2D eigenvalue weighted by Crippen LogP contribution is -2.29. The number of ketones is 1. The van der Waals surface area contributed by atoms with Crippen LogP contribution in [0.2, 0.25) is 0 Å². The zero-order chi connectivity index (χ0) is 25.3. The Bertz CT molecular complexity index is 1330. The van der Waals surface area contributed by atoms with Crippen LogP contribution in [0.25, 0.3) is 5.76 Å². The standard InChI is InChI=1S/C26H24BrN3O5/c1-4-35-26(34)21-14(2)19(15(3)29-21)23(31)20-22(17-7-9-18(27)10-8-17)30(25(33)24(20)32)13-16-6-5-11-28-12-16/h5-12,22,29,31H,4,13H2,1-3H3. The van der Waals surface area contributed by atoms with Crippen molar-refractivity contribution in [2.75, 3.05) is 6.61 Å². The Morgan fingerprint density at radius 2 is 1.91 bits per heavy atom. The number of rotatable bonds is 6. The summed E-state index contributed by atoms with van der Waals surface area (Å²) in [6, 6.07) is 9.90. The third-order valence-corrected chi connectivity index (χ3v) is 6.51. The smallest absolute Gasteiger partial charge is 0.355 e. The number of benzene rings is 1. The highest BCUT2D eigenvalue weighted by molar-refractivity contribution is 9.10. The number of nitrogens with one attached hydrogen (secondary N) is 2. The van der Waals surface area contributed by atoms with E-state index in [0.29, 0.717) is 16.8 Å². The number of Topliss-reactive ketones (excluding diaryl/α,β-unsaturated/α-hetero) is 1. The fourth-order valence-corrected chi connectivity index (χ4v) is 4.65. The van der Waals surface area contributed by atoms with E-state index < -0.39 is 29.5 Å². The molecule has 180 valence electrons. The Morgan fingerprint density at radius 3 is 2.54 bits per heavy atom. The van der Waals surface area contributed by atoms with Gasteiger partial charge in [-0.3, -0.25) is 9.59 Å². The quantitative estimate of drug-likeness (QED) is 0.224. The Kier molecular flexibility index (Phi) is 6.88. The summed E-state index contributed by atoms with van der Waals surface area (Å²) in [5, 5.41) is 13.9. The number of hydrogen-bond donors (Lipinski definition) is 1. The molecule has 35 heavy (non-hydrogen) atoms. The molecule has 0 saturated carbocycles. The maximum absolute atomic E-state index is 13.9. The van der Waals surface area contributed by atoms with Crippen LogP contribution >= 0.6 is 15.9 Å². The molecule has 1 aliphatic rings. The van der Waals surface area contributed by atoms with E-state index in [4.69, 9.17) is 4.74 Å². The van der Waals surface area contributed by atoms with Crippen LogP contribution in [0.1, 0.15) is 51.4 Å². The van der Waals surface area contributed by atoms with Crippen LogP contribution in [0.15, 0.2) is 58.8 Å². The van der Waals surface area contributed by atoms with Crippen LogP contribution < -0.4 is 10.1 Å². The first-order valence-electron chi connectivity index (χ1n) is 11.1. The van der Waals surface area contributed by atoms with Gasteiger partial charge in [0.2, 0.25) is 5.78 Å². The second-order valence-electron chi connectivity index (χ2n) is 8.22. The lowest BCUT2D eigenvalue weighted by atomic mass is 9.94. The number of halogens is 1. The minimum atomic E-state index is -0.879. The fourth-order valence-electron chi connectivity index (χ4n) is 4.38. The number of likely N-dealkylation sites (tertiary alicyclic amines) is 1. The Labute approximate surface area is 210 Å². The largest absolute Gasteiger partial charge is 0.872 e. The molecule has 1 amide bonds. The third-order valence-electron chi connectivity index (χ3n) is 5.98. The molecule has 3 heterocycles. The van der Waals surface area contributed by atoms with E-state index in [0.717, 1.165) is 10.0 Å². The SMILES string of the molecule is CCOC(=O)c1[nH]c(C)c(C([O-])=C2C(=O)C(=O)N(Cc3ccc[nH+]c3)C2c2ccc(Br)cc2)c1C. The van der Waals surface area contributed by atoms with E-state index >= 15 is 0 Å². The molecule has 0 bridgehead atoms. The number of hydrogen-bond acceptors (Lipinski definition) is 5. The minimum absolute atomic E-state index is 0.138. The average molecular weight is 538 g/mol. The number of amides is 1. The minimum Gasteiger partial charge on any atom is -0.872 e. The van der Waals surface area contributed by atoms with Gasteiger partial charge in [0, 0.05) is 27.4 Å². The molecule has 1 fully saturated rings. The van der Waals surface area contributed by atoms with Crippen LogP contribution in [-0.4, -0.2) is 34.2 Å². The van der Waals surface area contributed by atoms with E-state index in [9.17, 15) is 19.5 Å². The van der Waals surface area contributed by atoms with Crippen molar-refractivity contribution in [1.82, 2.24) is 9.88 Å². The Hall–Kier alpha value is -3.72. The summed E-state index contributed by atoms with van der Waals surface area (Å²) in [4.78, 5) is 46.1. The molecule has 1 saturated heterocycles. The highest BCUT2D eigenvalue weighted by Crippen LogP contribution is 2.41. The van der Waals surface area contributed by atoms with Gasteiger partial charge < -0.3 is 19.7 Å². The summed E-state index contributed by atoms with van der Waals surface area (Å²) in [6.45, 7) is 5.28. The first kappa shape index (κ1) is 24.4. The van der Waals surface area contributed by atoms with Gasteiger partial charge in [-0.15, -0.1) is 0 Å². The van der Waals surface area contributed by atoms with Gasteiger partial charge >= 0.3 is 5.97 Å². The first-order valence-corrected chi connectivity index (χ1v) is 11.9. The van der Waals surface area contributed by atoms with Crippen molar-refractivity contribution in [1.29, 1.82) is 0 Å². The van der Waals surface area contributed by atoms with Crippen molar-refractivity contribution >= 4 is 39.3 Å². The van der Waals surface area contributed by atoms with E-state index in [1.165, 1.54) is 4.90 Å². The van der Waals surface area contributed by atoms with Gasteiger partial charge in [-0.05, 0) is 55.7 Å². The average Bonchev–Trinajstić information content (AvgIpc) is 3.27. The maximum Gasteiger partial charge on any atom is 0.355 e. The molecule has 1 aliphatic heterocycles. The summed E-state index contributed by atoms with van der Waals surface area (Å²) in [6.07, 6.45) is 3.48. The fraction of sp³-hybridized carbons (Fsp3) is 0.231. The second kappa shape index (κ2) is 9.87. The predicted octanol–water partition coefficient (Wildman–Crippen LogP) is 2.81. The van der Waals surface area contributed by atoms with E-state index in [1.54, 1.807) is 63.5 Å². The second-order valence-corrected chi connectivity index (χ2v) is 9.13. The maximum atomic E-state index is 13.9. The summed E-state index contributed by atoms with van der Waals surface area (Å²) in [5.74, 6) is -2.76. The number of nitrogens with zero attached hydrogens (tertiary/aromatic N) is 1. The number of ether oxygens (including phenoxy) is 1. The molecule has 9 heteroatoms. The Morgan fingerprint density at radius 1 is 1.20 bits per heavy atom. The highest BCUT2D eigenvalue weighted by atomic mass is 79.9. The number of aromatic amines is 2. The summed E-state index contributed by atoms with van der Waals surface area (Å²) in [5.41, 5.74) is 2.43. The van der Waals surface area contributed by atoms with Crippen LogP contribution in [0.3, 0.4) is 0 Å². The number of aryl methyl sites for hydroxylation is 1. The molecular formula is C26H24BrN3O5. The van der Waals surface area contributed by atoms with E-state index in [2.05, 4.69) is 25.9 Å². The molecule has 4 rings (SSSR count). The number of carbonyl (C=O) groups is 3. The molecule has 2 N–H and O–H groups in total. The molecule has 3 aromatic rings. The van der Waals surface area contributed by atoms with Gasteiger partial charge in [-0.1, -0.05) is 33.8 Å². The van der Waals surface area contributed by atoms with Crippen LogP contribution in [0.4, 0.5) is 0 Å². The number of H-pyrrole nitrogens is 2. The van der Waals surface area contributed by atoms with Gasteiger partial charge in [0.1, 0.15) is 5.69 Å². The van der Waals surface area contributed by atoms with Crippen molar-refractivity contribution in [3.05, 3.63) is 92.5 Å².